The minimum absolute atomic E-state index is 0.121. The van der Waals surface area contributed by atoms with Crippen molar-refractivity contribution in [1.82, 2.24) is 33.4 Å². The predicted molar refractivity (Wildman–Crippen MR) is 178 cm³/mol. The largest absolute Gasteiger partial charge is 0.320 e. The second kappa shape index (κ2) is 13.1. The van der Waals surface area contributed by atoms with Crippen molar-refractivity contribution < 1.29 is 13.2 Å². The van der Waals surface area contributed by atoms with Crippen LogP contribution in [0.25, 0.3) is 22.2 Å². The van der Waals surface area contributed by atoms with E-state index in [1.165, 1.54) is 12.4 Å². The summed E-state index contributed by atoms with van der Waals surface area (Å²) in [5.41, 5.74) is 4.44. The molecule has 0 radical (unpaired) electrons. The molecule has 6 aromatic rings. The van der Waals surface area contributed by atoms with E-state index in [2.05, 4.69) is 39.2 Å². The van der Waals surface area contributed by atoms with Gasteiger partial charge in [-0.05, 0) is 43.8 Å². The van der Waals surface area contributed by atoms with Crippen molar-refractivity contribution in [2.45, 2.75) is 38.8 Å². The van der Waals surface area contributed by atoms with Crippen molar-refractivity contribution in [3.63, 3.8) is 0 Å². The Hall–Kier alpha value is -5.07. The van der Waals surface area contributed by atoms with Gasteiger partial charge < -0.3 is 10.2 Å². The fourth-order valence-electron chi connectivity index (χ4n) is 5.29. The lowest BCUT2D eigenvalue weighted by Gasteiger charge is -2.17. The Morgan fingerprint density at radius 3 is 2.35 bits per heavy atom. The molecule has 0 fully saturated rings. The summed E-state index contributed by atoms with van der Waals surface area (Å²) in [4.78, 5) is 20.5. The van der Waals surface area contributed by atoms with Gasteiger partial charge in [-0.15, -0.1) is 0 Å². The lowest BCUT2D eigenvalue weighted by atomic mass is 10.1. The highest BCUT2D eigenvalue weighted by Gasteiger charge is 2.24. The molecule has 2 aromatic carbocycles. The van der Waals surface area contributed by atoms with Gasteiger partial charge in [-0.25, -0.2) is 17.4 Å². The standard InChI is InChI=1S/C34H36N8O3S/c1-4-39(5-2)15-16-40-22-28(19-36-40)27-17-31-32(38-34(43)29-20-37-41(23-29)21-26-9-7-6-8-10-26)24-42(33(31)35-18-27)46(44,45)30-13-11-25(3)12-14-30/h6-14,17-20,22-24H,4-5,15-16,21H2,1-3H3,(H,38,43). The Kier molecular flexibility index (Phi) is 8.82. The summed E-state index contributed by atoms with van der Waals surface area (Å²) in [6, 6.07) is 18.3. The third kappa shape index (κ3) is 6.49. The third-order valence-electron chi connectivity index (χ3n) is 8.03. The fraction of sp³-hybridized carbons (Fsp3) is 0.235. The summed E-state index contributed by atoms with van der Waals surface area (Å²) in [7, 11) is -4.02. The van der Waals surface area contributed by atoms with Gasteiger partial charge in [0, 0.05) is 47.8 Å². The van der Waals surface area contributed by atoms with Crippen LogP contribution in [0.15, 0.2) is 103 Å². The number of carbonyl (C=O) groups is 1. The second-order valence-electron chi connectivity index (χ2n) is 11.1. The Morgan fingerprint density at radius 2 is 1.61 bits per heavy atom. The van der Waals surface area contributed by atoms with E-state index < -0.39 is 15.9 Å². The van der Waals surface area contributed by atoms with Gasteiger partial charge in [-0.2, -0.15) is 10.2 Å². The van der Waals surface area contributed by atoms with Crippen LogP contribution < -0.4 is 5.32 Å². The van der Waals surface area contributed by atoms with Gasteiger partial charge in [-0.3, -0.25) is 14.2 Å². The number of aromatic nitrogens is 6. The number of carbonyl (C=O) groups excluding carboxylic acids is 1. The van der Waals surface area contributed by atoms with E-state index in [1.807, 2.05) is 54.2 Å². The Balaban J connectivity index is 1.34. The highest BCUT2D eigenvalue weighted by atomic mass is 32.2. The average molecular weight is 637 g/mol. The number of aryl methyl sites for hydroxylation is 1. The van der Waals surface area contributed by atoms with Crippen LogP contribution in [0.5, 0.6) is 0 Å². The number of nitrogens with zero attached hydrogens (tertiary/aromatic N) is 7. The number of rotatable bonds is 12. The molecule has 0 saturated heterocycles. The van der Waals surface area contributed by atoms with E-state index in [1.54, 1.807) is 47.5 Å². The molecule has 0 spiro atoms. The molecule has 11 nitrogen and oxygen atoms in total. The van der Waals surface area contributed by atoms with Crippen LogP contribution in [-0.2, 0) is 23.1 Å². The van der Waals surface area contributed by atoms with Crippen LogP contribution in [0.2, 0.25) is 0 Å². The molecule has 1 amide bonds. The molecule has 6 rings (SSSR count). The van der Waals surface area contributed by atoms with Crippen LogP contribution >= 0.6 is 0 Å². The Morgan fingerprint density at radius 1 is 0.870 bits per heavy atom. The van der Waals surface area contributed by atoms with E-state index in [0.717, 1.165) is 52.4 Å². The first kappa shape index (κ1) is 30.9. The zero-order valence-electron chi connectivity index (χ0n) is 26.0. The van der Waals surface area contributed by atoms with Crippen molar-refractivity contribution in [2.24, 2.45) is 0 Å². The van der Waals surface area contributed by atoms with Gasteiger partial charge in [0.25, 0.3) is 15.9 Å². The molecule has 0 atom stereocenters. The summed E-state index contributed by atoms with van der Waals surface area (Å²) in [5, 5.41) is 12.3. The summed E-state index contributed by atoms with van der Waals surface area (Å²) in [6.45, 7) is 10.2. The predicted octanol–water partition coefficient (Wildman–Crippen LogP) is 5.28. The number of amides is 1. The second-order valence-corrected chi connectivity index (χ2v) is 13.0. The van der Waals surface area contributed by atoms with Gasteiger partial charge in [0.15, 0.2) is 5.65 Å². The van der Waals surface area contributed by atoms with Crippen molar-refractivity contribution in [1.29, 1.82) is 0 Å². The van der Waals surface area contributed by atoms with E-state index in [-0.39, 0.29) is 10.5 Å². The SMILES string of the molecule is CCN(CC)CCn1cc(-c2cnc3c(c2)c(NC(=O)c2cnn(Cc4ccccc4)c2)cn3S(=O)(=O)c2ccc(C)cc2)cn1. The lowest BCUT2D eigenvalue weighted by Crippen LogP contribution is -2.27. The zero-order chi connectivity index (χ0) is 32.3. The number of anilines is 1. The summed E-state index contributed by atoms with van der Waals surface area (Å²) in [6.07, 6.45) is 9.93. The Labute approximate surface area is 268 Å². The maximum atomic E-state index is 13.8. The molecule has 0 aliphatic carbocycles. The molecule has 0 saturated carbocycles. The highest BCUT2D eigenvalue weighted by molar-refractivity contribution is 7.90. The number of nitrogens with one attached hydrogen (secondary N) is 1. The lowest BCUT2D eigenvalue weighted by molar-refractivity contribution is 0.102. The van der Waals surface area contributed by atoms with Crippen LogP contribution in [0.4, 0.5) is 5.69 Å². The Bertz CT molecular complexity index is 2080. The van der Waals surface area contributed by atoms with Crippen molar-refractivity contribution in [3.8, 4) is 11.1 Å². The van der Waals surface area contributed by atoms with E-state index in [0.29, 0.717) is 23.2 Å². The fourth-order valence-corrected chi connectivity index (χ4v) is 6.62. The molecule has 4 aromatic heterocycles. The van der Waals surface area contributed by atoms with E-state index >= 15 is 0 Å². The smallest absolute Gasteiger partial charge is 0.269 e. The van der Waals surface area contributed by atoms with Gasteiger partial charge in [0.05, 0.1) is 41.6 Å². The molecule has 1 N–H and O–H groups in total. The molecule has 236 valence electrons. The zero-order valence-corrected chi connectivity index (χ0v) is 26.9. The van der Waals surface area contributed by atoms with Crippen molar-refractivity contribution >= 4 is 32.7 Å². The first-order valence-corrected chi connectivity index (χ1v) is 16.7. The molecule has 4 heterocycles. The quantitative estimate of drug-likeness (QED) is 0.194. The van der Waals surface area contributed by atoms with Crippen LogP contribution in [-0.4, -0.2) is 67.4 Å². The minimum Gasteiger partial charge on any atom is -0.320 e. The van der Waals surface area contributed by atoms with E-state index in [9.17, 15) is 13.2 Å². The molecule has 46 heavy (non-hydrogen) atoms. The summed E-state index contributed by atoms with van der Waals surface area (Å²) >= 11 is 0. The van der Waals surface area contributed by atoms with Crippen LogP contribution in [0.1, 0.15) is 35.3 Å². The summed E-state index contributed by atoms with van der Waals surface area (Å²) < 4.78 is 32.3. The van der Waals surface area contributed by atoms with Gasteiger partial charge >= 0.3 is 0 Å². The molecule has 0 bridgehead atoms. The first-order chi connectivity index (χ1) is 22.2. The van der Waals surface area contributed by atoms with Gasteiger partial charge in [0.2, 0.25) is 0 Å². The maximum absolute atomic E-state index is 13.8. The molecule has 0 aliphatic heterocycles. The average Bonchev–Trinajstić information content (AvgIpc) is 3.82. The highest BCUT2D eigenvalue weighted by Crippen LogP contribution is 2.32. The molecular formula is C34H36N8O3S. The maximum Gasteiger partial charge on any atom is 0.269 e. The topological polar surface area (TPSA) is 120 Å². The summed E-state index contributed by atoms with van der Waals surface area (Å²) in [5.74, 6) is -0.416. The number of hydrogen-bond acceptors (Lipinski definition) is 7. The molecular weight excluding hydrogens is 600 g/mol. The van der Waals surface area contributed by atoms with Crippen LogP contribution in [0.3, 0.4) is 0 Å². The minimum atomic E-state index is -4.02. The van der Waals surface area contributed by atoms with Gasteiger partial charge in [0.1, 0.15) is 0 Å². The monoisotopic (exact) mass is 636 g/mol. The number of likely N-dealkylation sites (N-methyl/N-ethyl adjacent to an activating group) is 1. The van der Waals surface area contributed by atoms with Crippen molar-refractivity contribution in [3.05, 3.63) is 115 Å². The molecule has 0 unspecified atom stereocenters. The normalized spacial score (nSPS) is 11.8. The number of fused-ring (bicyclic) bond motifs is 1. The van der Waals surface area contributed by atoms with Crippen molar-refractivity contribution in [2.75, 3.05) is 25.0 Å². The van der Waals surface area contributed by atoms with Crippen LogP contribution in [0, 0.1) is 6.92 Å². The van der Waals surface area contributed by atoms with E-state index in [4.69, 9.17) is 0 Å². The molecule has 12 heteroatoms. The molecule has 0 aliphatic rings. The van der Waals surface area contributed by atoms with Gasteiger partial charge in [-0.1, -0.05) is 61.9 Å². The number of benzene rings is 2. The third-order valence-corrected chi connectivity index (χ3v) is 9.69. The first-order valence-electron chi connectivity index (χ1n) is 15.2. The number of pyridine rings is 1. The number of hydrogen-bond donors (Lipinski definition) is 1.